The Morgan fingerprint density at radius 2 is 1.09 bits per heavy atom. The minimum atomic E-state index is 0.201. The van der Waals surface area contributed by atoms with Crippen molar-refractivity contribution in [3.05, 3.63) is 99.5 Å². The van der Waals surface area contributed by atoms with Crippen LogP contribution < -0.4 is 0 Å². The molecule has 23 heavy (non-hydrogen) atoms. The van der Waals surface area contributed by atoms with Gasteiger partial charge in [0.2, 0.25) is 0 Å². The van der Waals surface area contributed by atoms with Crippen LogP contribution in [0.3, 0.4) is 0 Å². The van der Waals surface area contributed by atoms with Crippen LogP contribution in [0.5, 0.6) is 0 Å². The molecular formula is C20H16Cl2S. The first-order chi connectivity index (χ1) is 11.1. The molecule has 0 aromatic heterocycles. The van der Waals surface area contributed by atoms with Gasteiger partial charge in [-0.3, -0.25) is 0 Å². The Bertz CT molecular complexity index is 717. The van der Waals surface area contributed by atoms with Crippen molar-refractivity contribution in [3.63, 3.8) is 0 Å². The van der Waals surface area contributed by atoms with Gasteiger partial charge in [0.05, 0.1) is 5.25 Å². The summed E-state index contributed by atoms with van der Waals surface area (Å²) < 4.78 is 0. The van der Waals surface area contributed by atoms with Gasteiger partial charge in [0.15, 0.2) is 0 Å². The summed E-state index contributed by atoms with van der Waals surface area (Å²) in [5, 5.41) is 1.71. The third-order valence-electron chi connectivity index (χ3n) is 3.62. The third kappa shape index (κ3) is 4.32. The molecule has 3 heteroatoms. The van der Waals surface area contributed by atoms with Crippen molar-refractivity contribution in [2.24, 2.45) is 0 Å². The van der Waals surface area contributed by atoms with Crippen LogP contribution in [0.15, 0.2) is 77.7 Å². The minimum Gasteiger partial charge on any atom is -0.113 e. The summed E-state index contributed by atoms with van der Waals surface area (Å²) in [5.41, 5.74) is 3.72. The molecule has 0 saturated carbocycles. The largest absolute Gasteiger partial charge is 0.113 e. The Kier molecular flexibility index (Phi) is 5.32. The maximum atomic E-state index is 6.04. The molecule has 116 valence electrons. The van der Waals surface area contributed by atoms with E-state index in [1.54, 1.807) is 0 Å². The number of hydrogen-bond donors (Lipinski definition) is 0. The molecule has 0 aliphatic carbocycles. The Morgan fingerprint density at radius 3 is 1.52 bits per heavy atom. The van der Waals surface area contributed by atoms with Gasteiger partial charge in [-0.1, -0.05) is 65.2 Å². The maximum Gasteiger partial charge on any atom is 0.0593 e. The van der Waals surface area contributed by atoms with Gasteiger partial charge in [-0.25, -0.2) is 0 Å². The molecular weight excluding hydrogens is 343 g/mol. The number of hydrogen-bond acceptors (Lipinski definition) is 1. The number of halogens is 2. The summed E-state index contributed by atoms with van der Waals surface area (Å²) in [6.07, 6.45) is 0. The van der Waals surface area contributed by atoms with Gasteiger partial charge in [0.1, 0.15) is 0 Å². The lowest BCUT2D eigenvalue weighted by atomic mass is 10.0. The number of rotatable bonds is 4. The number of thioether (sulfide) groups is 1. The van der Waals surface area contributed by atoms with E-state index in [9.17, 15) is 0 Å². The molecule has 0 amide bonds. The lowest BCUT2D eigenvalue weighted by Gasteiger charge is -2.18. The summed E-state index contributed by atoms with van der Waals surface area (Å²) >= 11 is 13.9. The molecule has 3 rings (SSSR count). The Labute approximate surface area is 151 Å². The van der Waals surface area contributed by atoms with Crippen molar-refractivity contribution in [3.8, 4) is 0 Å². The Balaban J connectivity index is 1.97. The van der Waals surface area contributed by atoms with E-state index >= 15 is 0 Å². The van der Waals surface area contributed by atoms with E-state index in [-0.39, 0.29) is 5.25 Å². The van der Waals surface area contributed by atoms with E-state index in [1.165, 1.54) is 21.6 Å². The molecule has 0 saturated heterocycles. The molecule has 0 aliphatic rings. The highest BCUT2D eigenvalue weighted by molar-refractivity contribution is 7.99. The van der Waals surface area contributed by atoms with E-state index in [4.69, 9.17) is 23.2 Å². The summed E-state index contributed by atoms with van der Waals surface area (Å²) in [4.78, 5) is 1.24. The van der Waals surface area contributed by atoms with Gasteiger partial charge in [0.25, 0.3) is 0 Å². The van der Waals surface area contributed by atoms with Crippen LogP contribution in [0.25, 0.3) is 0 Å². The van der Waals surface area contributed by atoms with Gasteiger partial charge in [-0.05, 0) is 54.4 Å². The molecule has 0 spiro atoms. The Hall–Kier alpha value is -1.41. The van der Waals surface area contributed by atoms with Gasteiger partial charge in [-0.15, -0.1) is 11.8 Å². The van der Waals surface area contributed by atoms with E-state index < -0.39 is 0 Å². The summed E-state index contributed by atoms with van der Waals surface area (Å²) in [5.74, 6) is 0. The first-order valence-corrected chi connectivity index (χ1v) is 8.99. The quantitative estimate of drug-likeness (QED) is 0.445. The second kappa shape index (κ2) is 7.44. The predicted octanol–water partition coefficient (Wildman–Crippen LogP) is 7.18. The maximum absolute atomic E-state index is 6.04. The highest BCUT2D eigenvalue weighted by Crippen LogP contribution is 2.41. The van der Waals surface area contributed by atoms with Gasteiger partial charge >= 0.3 is 0 Å². The average molecular weight is 359 g/mol. The van der Waals surface area contributed by atoms with E-state index in [2.05, 4.69) is 55.5 Å². The smallest absolute Gasteiger partial charge is 0.0593 e. The second-order valence-corrected chi connectivity index (χ2v) is 7.47. The van der Waals surface area contributed by atoms with Gasteiger partial charge < -0.3 is 0 Å². The highest BCUT2D eigenvalue weighted by atomic mass is 35.5. The topological polar surface area (TPSA) is 0 Å². The zero-order chi connectivity index (χ0) is 16.2. The molecule has 3 aromatic carbocycles. The normalized spacial score (nSPS) is 11.0. The average Bonchev–Trinajstić information content (AvgIpc) is 2.56. The molecule has 0 aliphatic heterocycles. The second-order valence-electron chi connectivity index (χ2n) is 5.41. The van der Waals surface area contributed by atoms with Crippen LogP contribution in [-0.2, 0) is 0 Å². The van der Waals surface area contributed by atoms with Crippen molar-refractivity contribution in [1.29, 1.82) is 0 Å². The molecule has 0 bridgehead atoms. The van der Waals surface area contributed by atoms with Gasteiger partial charge in [0, 0.05) is 14.9 Å². The van der Waals surface area contributed by atoms with Crippen molar-refractivity contribution in [2.45, 2.75) is 17.1 Å². The SMILES string of the molecule is Cc1ccc(SC(c2ccc(Cl)cc2)c2ccc(Cl)cc2)cc1. The minimum absolute atomic E-state index is 0.201. The van der Waals surface area contributed by atoms with Crippen LogP contribution in [-0.4, -0.2) is 0 Å². The first kappa shape index (κ1) is 16.4. The molecule has 0 atom stereocenters. The van der Waals surface area contributed by atoms with E-state index in [1.807, 2.05) is 36.0 Å². The fraction of sp³-hybridized carbons (Fsp3) is 0.100. The van der Waals surface area contributed by atoms with Crippen LogP contribution >= 0.6 is 35.0 Å². The van der Waals surface area contributed by atoms with Crippen molar-refractivity contribution < 1.29 is 0 Å². The Morgan fingerprint density at radius 1 is 0.652 bits per heavy atom. The standard InChI is InChI=1S/C20H16Cl2S/c1-14-2-12-19(13-3-14)23-20(15-4-8-17(21)9-5-15)16-6-10-18(22)11-7-16/h2-13,20H,1H3. The molecule has 0 fully saturated rings. The van der Waals surface area contributed by atoms with Crippen LogP contribution in [0, 0.1) is 6.92 Å². The zero-order valence-corrected chi connectivity index (χ0v) is 15.0. The van der Waals surface area contributed by atoms with Crippen molar-refractivity contribution in [2.75, 3.05) is 0 Å². The molecule has 0 N–H and O–H groups in total. The lowest BCUT2D eigenvalue weighted by molar-refractivity contribution is 1.15. The molecule has 3 aromatic rings. The predicted molar refractivity (Wildman–Crippen MR) is 102 cm³/mol. The summed E-state index contributed by atoms with van der Waals surface area (Å²) in [6.45, 7) is 2.10. The number of benzene rings is 3. The van der Waals surface area contributed by atoms with E-state index in [0.29, 0.717) is 0 Å². The fourth-order valence-electron chi connectivity index (χ4n) is 2.36. The first-order valence-electron chi connectivity index (χ1n) is 7.36. The molecule has 0 heterocycles. The van der Waals surface area contributed by atoms with Crippen molar-refractivity contribution in [1.82, 2.24) is 0 Å². The van der Waals surface area contributed by atoms with Crippen LogP contribution in [0.1, 0.15) is 21.9 Å². The summed E-state index contributed by atoms with van der Waals surface area (Å²) in [6, 6.07) is 24.7. The van der Waals surface area contributed by atoms with Crippen molar-refractivity contribution >= 4 is 35.0 Å². The third-order valence-corrected chi connectivity index (χ3v) is 5.45. The zero-order valence-electron chi connectivity index (χ0n) is 12.7. The fourth-order valence-corrected chi connectivity index (χ4v) is 3.76. The molecule has 0 radical (unpaired) electrons. The lowest BCUT2D eigenvalue weighted by Crippen LogP contribution is -1.96. The van der Waals surface area contributed by atoms with Crippen LogP contribution in [0.4, 0.5) is 0 Å². The monoisotopic (exact) mass is 358 g/mol. The van der Waals surface area contributed by atoms with Gasteiger partial charge in [-0.2, -0.15) is 0 Å². The molecule has 0 unspecified atom stereocenters. The van der Waals surface area contributed by atoms with Crippen LogP contribution in [0.2, 0.25) is 10.0 Å². The number of aryl methyl sites for hydroxylation is 1. The highest BCUT2D eigenvalue weighted by Gasteiger charge is 2.16. The van der Waals surface area contributed by atoms with E-state index in [0.717, 1.165) is 10.0 Å². The molecule has 0 nitrogen and oxygen atoms in total. The summed E-state index contributed by atoms with van der Waals surface area (Å²) in [7, 11) is 0.